The Morgan fingerprint density at radius 3 is 2.45 bits per heavy atom. The molecule has 2 aromatic carbocycles. The van der Waals surface area contributed by atoms with Gasteiger partial charge in [0.05, 0.1) is 13.7 Å². The minimum atomic E-state index is -1.60. The highest BCUT2D eigenvalue weighted by Crippen LogP contribution is 2.34. The summed E-state index contributed by atoms with van der Waals surface area (Å²) < 4.78 is 25.4. The molecule has 118 valence electrons. The van der Waals surface area contributed by atoms with Crippen molar-refractivity contribution >= 4 is 22.6 Å². The molecule has 2 aromatic rings. The smallest absolute Gasteiger partial charge is 0.178 e. The maximum absolute atomic E-state index is 14.1. The Morgan fingerprint density at radius 1 is 1.14 bits per heavy atom. The number of halogens is 2. The Balaban J connectivity index is 2.42. The van der Waals surface area contributed by atoms with Gasteiger partial charge in [-0.3, -0.25) is 0 Å². The lowest BCUT2D eigenvalue weighted by Gasteiger charge is -2.13. The van der Waals surface area contributed by atoms with Crippen molar-refractivity contribution in [3.05, 3.63) is 47.8 Å². The molecule has 4 nitrogen and oxygen atoms in total. The van der Waals surface area contributed by atoms with Crippen molar-refractivity contribution < 1.29 is 24.1 Å². The van der Waals surface area contributed by atoms with Crippen molar-refractivity contribution in [1.29, 1.82) is 0 Å². The summed E-state index contributed by atoms with van der Waals surface area (Å²) in [5.74, 6) is 0.238. The van der Waals surface area contributed by atoms with Gasteiger partial charge in [-0.1, -0.05) is 34.7 Å². The van der Waals surface area contributed by atoms with Crippen molar-refractivity contribution in [2.24, 2.45) is 0 Å². The van der Waals surface area contributed by atoms with E-state index in [0.717, 1.165) is 4.43 Å². The lowest BCUT2D eigenvalue weighted by atomic mass is 10.0. The van der Waals surface area contributed by atoms with Crippen LogP contribution in [0, 0.1) is 5.82 Å². The lowest BCUT2D eigenvalue weighted by Crippen LogP contribution is -2.00. The molecule has 2 rings (SSSR count). The van der Waals surface area contributed by atoms with Gasteiger partial charge in [0.2, 0.25) is 0 Å². The van der Waals surface area contributed by atoms with E-state index in [-0.39, 0.29) is 5.75 Å². The molecule has 6 heteroatoms. The number of aliphatic hydroxyl groups is 2. The fourth-order valence-corrected chi connectivity index (χ4v) is 2.27. The first-order valence-electron chi connectivity index (χ1n) is 6.59. The van der Waals surface area contributed by atoms with Crippen molar-refractivity contribution in [3.63, 3.8) is 0 Å². The third-order valence-electron chi connectivity index (χ3n) is 3.10. The number of alkyl halides is 1. The Kier molecular flexibility index (Phi) is 5.98. The molecule has 0 radical (unpaired) electrons. The van der Waals surface area contributed by atoms with E-state index in [9.17, 15) is 14.6 Å². The van der Waals surface area contributed by atoms with E-state index < -0.39 is 12.1 Å². The Bertz CT molecular complexity index is 646. The monoisotopic (exact) mass is 418 g/mol. The first kappa shape index (κ1) is 17.0. The van der Waals surface area contributed by atoms with Crippen LogP contribution < -0.4 is 9.47 Å². The highest BCUT2D eigenvalue weighted by atomic mass is 127. The van der Waals surface area contributed by atoms with Crippen molar-refractivity contribution in [2.45, 2.75) is 6.29 Å². The normalized spacial score (nSPS) is 10.8. The Hall–Kier alpha value is -1.38. The van der Waals surface area contributed by atoms with Gasteiger partial charge in [-0.25, -0.2) is 4.39 Å². The number of hydrogen-bond acceptors (Lipinski definition) is 4. The number of ether oxygens (including phenoxy) is 2. The topological polar surface area (TPSA) is 58.9 Å². The van der Waals surface area contributed by atoms with E-state index in [1.807, 2.05) is 0 Å². The predicted octanol–water partition coefficient (Wildman–Crippen LogP) is 3.30. The van der Waals surface area contributed by atoms with Crippen LogP contribution in [0.3, 0.4) is 0 Å². The van der Waals surface area contributed by atoms with E-state index in [0.29, 0.717) is 29.0 Å². The van der Waals surface area contributed by atoms with Crippen LogP contribution in [0.25, 0.3) is 11.1 Å². The summed E-state index contributed by atoms with van der Waals surface area (Å²) in [5, 5.41) is 18.5. The molecule has 22 heavy (non-hydrogen) atoms. The van der Waals surface area contributed by atoms with E-state index in [4.69, 9.17) is 9.47 Å². The molecule has 2 N–H and O–H groups in total. The van der Waals surface area contributed by atoms with E-state index in [1.165, 1.54) is 13.2 Å². The maximum atomic E-state index is 14.1. The van der Waals surface area contributed by atoms with Crippen molar-refractivity contribution in [3.8, 4) is 22.6 Å². The van der Waals surface area contributed by atoms with Crippen LogP contribution in [0.2, 0.25) is 0 Å². The Morgan fingerprint density at radius 2 is 1.86 bits per heavy atom. The number of hydrogen-bond donors (Lipinski definition) is 2. The Labute approximate surface area is 141 Å². The van der Waals surface area contributed by atoms with Crippen molar-refractivity contribution in [2.75, 3.05) is 18.1 Å². The highest BCUT2D eigenvalue weighted by molar-refractivity contribution is 14.1. The summed E-state index contributed by atoms with van der Waals surface area (Å²) in [4.78, 5) is 0. The molecule has 0 spiro atoms. The molecule has 0 aliphatic carbocycles. The molecule has 0 heterocycles. The molecule has 0 aliphatic rings. The van der Waals surface area contributed by atoms with Gasteiger partial charge in [0.15, 0.2) is 17.9 Å². The molecule has 0 fully saturated rings. The molecular weight excluding hydrogens is 402 g/mol. The fourth-order valence-electron chi connectivity index (χ4n) is 2.05. The third kappa shape index (κ3) is 3.88. The third-order valence-corrected chi connectivity index (χ3v) is 3.54. The number of benzene rings is 2. The molecule has 0 saturated carbocycles. The molecule has 0 unspecified atom stereocenters. The van der Waals surface area contributed by atoms with Gasteiger partial charge in [-0.15, -0.1) is 0 Å². The summed E-state index contributed by atoms with van der Waals surface area (Å²) in [6, 6.07) is 9.32. The number of methoxy groups -OCH3 is 1. The minimum absolute atomic E-state index is 0.192. The summed E-state index contributed by atoms with van der Waals surface area (Å²) >= 11 is 2.15. The maximum Gasteiger partial charge on any atom is 0.178 e. The number of rotatable bonds is 6. The first-order valence-corrected chi connectivity index (χ1v) is 8.12. The second-order valence-electron chi connectivity index (χ2n) is 4.52. The van der Waals surface area contributed by atoms with Gasteiger partial charge < -0.3 is 19.7 Å². The summed E-state index contributed by atoms with van der Waals surface area (Å²) in [7, 11) is 1.50. The largest absolute Gasteiger partial charge is 0.496 e. The van der Waals surface area contributed by atoms with Gasteiger partial charge in [-0.2, -0.15) is 0 Å². The van der Waals surface area contributed by atoms with Gasteiger partial charge in [0, 0.05) is 15.6 Å². The van der Waals surface area contributed by atoms with Gasteiger partial charge in [-0.05, 0) is 29.8 Å². The van der Waals surface area contributed by atoms with Crippen LogP contribution in [0.4, 0.5) is 4.39 Å². The molecule has 0 aromatic heterocycles. The molecule has 0 saturated heterocycles. The lowest BCUT2D eigenvalue weighted by molar-refractivity contribution is -0.0424. The van der Waals surface area contributed by atoms with E-state index >= 15 is 0 Å². The highest BCUT2D eigenvalue weighted by Gasteiger charge is 2.13. The van der Waals surface area contributed by atoms with E-state index in [2.05, 4.69) is 22.6 Å². The quantitative estimate of drug-likeness (QED) is 0.430. The van der Waals surface area contributed by atoms with Crippen LogP contribution >= 0.6 is 22.6 Å². The molecule has 0 amide bonds. The zero-order valence-electron chi connectivity index (χ0n) is 11.9. The van der Waals surface area contributed by atoms with Crippen LogP contribution in [-0.2, 0) is 0 Å². The van der Waals surface area contributed by atoms with Gasteiger partial charge in [0.1, 0.15) is 5.75 Å². The van der Waals surface area contributed by atoms with Gasteiger partial charge in [0.25, 0.3) is 0 Å². The average molecular weight is 418 g/mol. The van der Waals surface area contributed by atoms with E-state index in [1.54, 1.807) is 30.3 Å². The summed E-state index contributed by atoms with van der Waals surface area (Å²) in [6.07, 6.45) is -1.60. The van der Waals surface area contributed by atoms with Gasteiger partial charge >= 0.3 is 0 Å². The van der Waals surface area contributed by atoms with Crippen LogP contribution in [0.5, 0.6) is 11.5 Å². The summed E-state index contributed by atoms with van der Waals surface area (Å²) in [5.41, 5.74) is 1.45. The SMILES string of the molecule is COc1ccc(C(O)O)cc1-c1ccc(OCCI)c(F)c1. The first-order chi connectivity index (χ1) is 10.6. The zero-order valence-corrected chi connectivity index (χ0v) is 14.1. The molecule has 0 bridgehead atoms. The average Bonchev–Trinajstić information content (AvgIpc) is 2.53. The van der Waals surface area contributed by atoms with Crippen molar-refractivity contribution in [1.82, 2.24) is 0 Å². The predicted molar refractivity (Wildman–Crippen MR) is 89.9 cm³/mol. The molecular formula is C16H16FIO4. The standard InChI is InChI=1S/C16H16FIO4/c1-21-14-4-3-11(16(19)20)8-12(14)10-2-5-15(13(17)9-10)22-7-6-18/h2-5,8-9,16,19-20H,6-7H2,1H3. The summed E-state index contributed by atoms with van der Waals surface area (Å²) in [6.45, 7) is 0.437. The van der Waals surface area contributed by atoms with Crippen LogP contribution in [0.1, 0.15) is 11.9 Å². The fraction of sp³-hybridized carbons (Fsp3) is 0.250. The zero-order chi connectivity index (χ0) is 16.1. The minimum Gasteiger partial charge on any atom is -0.496 e. The molecule has 0 aliphatic heterocycles. The number of aliphatic hydroxyl groups excluding tert-OH is 1. The molecule has 0 atom stereocenters. The van der Waals surface area contributed by atoms with Crippen LogP contribution in [0.15, 0.2) is 36.4 Å². The van der Waals surface area contributed by atoms with Crippen LogP contribution in [-0.4, -0.2) is 28.4 Å². The second-order valence-corrected chi connectivity index (χ2v) is 5.59. The second kappa shape index (κ2) is 7.75.